The Bertz CT molecular complexity index is 697. The van der Waals surface area contributed by atoms with E-state index in [0.717, 1.165) is 23.2 Å². The molecule has 2 aromatic rings. The van der Waals surface area contributed by atoms with E-state index in [9.17, 15) is 10.1 Å². The number of para-hydroxylation sites is 1. The number of benzene rings is 2. The Morgan fingerprint density at radius 1 is 1.14 bits per heavy atom. The van der Waals surface area contributed by atoms with Gasteiger partial charge in [0.2, 0.25) is 0 Å². The molecule has 0 aliphatic heterocycles. The maximum atomic E-state index is 12.2. The van der Waals surface area contributed by atoms with Crippen molar-refractivity contribution in [2.45, 2.75) is 13.3 Å². The van der Waals surface area contributed by atoms with Gasteiger partial charge in [0, 0.05) is 5.69 Å². The molecule has 3 heteroatoms. The van der Waals surface area contributed by atoms with Crippen molar-refractivity contribution in [2.75, 3.05) is 5.32 Å². The van der Waals surface area contributed by atoms with Crippen LogP contribution in [0.1, 0.15) is 18.1 Å². The minimum absolute atomic E-state index is 0.0899. The van der Waals surface area contributed by atoms with Crippen molar-refractivity contribution in [3.05, 3.63) is 71.3 Å². The highest BCUT2D eigenvalue weighted by atomic mass is 16.1. The Hall–Kier alpha value is -2.86. The smallest absolute Gasteiger partial charge is 0.266 e. The number of nitriles is 1. The van der Waals surface area contributed by atoms with Crippen LogP contribution in [0.15, 0.2) is 60.2 Å². The van der Waals surface area contributed by atoms with Crippen LogP contribution < -0.4 is 5.32 Å². The highest BCUT2D eigenvalue weighted by Crippen LogP contribution is 2.17. The lowest BCUT2D eigenvalue weighted by Crippen LogP contribution is -2.14. The summed E-state index contributed by atoms with van der Waals surface area (Å²) in [6, 6.07) is 18.9. The van der Waals surface area contributed by atoms with Crippen molar-refractivity contribution in [3.63, 3.8) is 0 Å². The molecule has 0 fully saturated rings. The van der Waals surface area contributed by atoms with E-state index in [1.54, 1.807) is 6.08 Å². The van der Waals surface area contributed by atoms with Gasteiger partial charge in [-0.1, -0.05) is 55.5 Å². The molecule has 1 N–H and O–H groups in total. The number of anilines is 1. The average molecular weight is 276 g/mol. The Morgan fingerprint density at radius 2 is 1.81 bits per heavy atom. The zero-order valence-electron chi connectivity index (χ0n) is 11.8. The van der Waals surface area contributed by atoms with Gasteiger partial charge in [0.05, 0.1) is 0 Å². The SMILES string of the molecule is CCc1ccccc1NC(=O)/C(C#N)=C/c1ccccc1. The summed E-state index contributed by atoms with van der Waals surface area (Å²) in [5.74, 6) is -0.387. The quantitative estimate of drug-likeness (QED) is 0.682. The van der Waals surface area contributed by atoms with Crippen LogP contribution in [0.25, 0.3) is 6.08 Å². The van der Waals surface area contributed by atoms with Gasteiger partial charge in [-0.25, -0.2) is 0 Å². The van der Waals surface area contributed by atoms with Crippen molar-refractivity contribution in [3.8, 4) is 6.07 Å². The summed E-state index contributed by atoms with van der Waals surface area (Å²) in [7, 11) is 0. The molecule has 0 unspecified atom stereocenters. The first-order valence-electron chi connectivity index (χ1n) is 6.80. The molecule has 21 heavy (non-hydrogen) atoms. The molecule has 0 aliphatic rings. The van der Waals surface area contributed by atoms with Gasteiger partial charge < -0.3 is 5.32 Å². The minimum atomic E-state index is -0.387. The highest BCUT2D eigenvalue weighted by Gasteiger charge is 2.11. The largest absolute Gasteiger partial charge is 0.321 e. The van der Waals surface area contributed by atoms with E-state index in [0.29, 0.717) is 0 Å². The summed E-state index contributed by atoms with van der Waals surface area (Å²) in [5, 5.41) is 12.0. The van der Waals surface area contributed by atoms with Crippen LogP contribution in [0, 0.1) is 11.3 Å². The van der Waals surface area contributed by atoms with Crippen LogP contribution in [0.2, 0.25) is 0 Å². The first-order valence-corrected chi connectivity index (χ1v) is 6.80. The van der Waals surface area contributed by atoms with Gasteiger partial charge in [0.25, 0.3) is 5.91 Å². The molecule has 3 nitrogen and oxygen atoms in total. The topological polar surface area (TPSA) is 52.9 Å². The number of carbonyl (C=O) groups excluding carboxylic acids is 1. The maximum absolute atomic E-state index is 12.2. The number of nitrogens with zero attached hydrogens (tertiary/aromatic N) is 1. The van der Waals surface area contributed by atoms with Gasteiger partial charge in [0.1, 0.15) is 11.6 Å². The Labute approximate surface area is 124 Å². The van der Waals surface area contributed by atoms with Gasteiger partial charge in [0.15, 0.2) is 0 Å². The second-order valence-electron chi connectivity index (χ2n) is 4.55. The third-order valence-electron chi connectivity index (χ3n) is 3.12. The van der Waals surface area contributed by atoms with Crippen molar-refractivity contribution in [1.29, 1.82) is 5.26 Å². The van der Waals surface area contributed by atoms with Crippen LogP contribution in [-0.2, 0) is 11.2 Å². The van der Waals surface area contributed by atoms with E-state index >= 15 is 0 Å². The number of carbonyl (C=O) groups is 1. The van der Waals surface area contributed by atoms with Crippen LogP contribution in [0.3, 0.4) is 0 Å². The fourth-order valence-corrected chi connectivity index (χ4v) is 2.00. The molecular weight excluding hydrogens is 260 g/mol. The van der Waals surface area contributed by atoms with Crippen molar-refractivity contribution >= 4 is 17.7 Å². The molecule has 2 aromatic carbocycles. The first-order chi connectivity index (χ1) is 10.2. The van der Waals surface area contributed by atoms with Crippen LogP contribution in [0.4, 0.5) is 5.69 Å². The van der Waals surface area contributed by atoms with E-state index in [1.165, 1.54) is 0 Å². The third-order valence-corrected chi connectivity index (χ3v) is 3.12. The van der Waals surface area contributed by atoms with Crippen molar-refractivity contribution in [2.24, 2.45) is 0 Å². The molecule has 0 saturated heterocycles. The predicted molar refractivity (Wildman–Crippen MR) is 84.5 cm³/mol. The number of hydrogen-bond acceptors (Lipinski definition) is 2. The summed E-state index contributed by atoms with van der Waals surface area (Å²) in [5.41, 5.74) is 2.71. The molecule has 0 atom stereocenters. The number of hydrogen-bond donors (Lipinski definition) is 1. The molecule has 104 valence electrons. The standard InChI is InChI=1S/C18H16N2O/c1-2-15-10-6-7-11-17(15)20-18(21)16(13-19)12-14-8-4-3-5-9-14/h3-12H,2H2,1H3,(H,20,21)/b16-12+. The van der Waals surface area contributed by atoms with E-state index < -0.39 is 0 Å². The number of amides is 1. The summed E-state index contributed by atoms with van der Waals surface area (Å²) < 4.78 is 0. The van der Waals surface area contributed by atoms with Crippen molar-refractivity contribution < 1.29 is 4.79 Å². The fraction of sp³-hybridized carbons (Fsp3) is 0.111. The lowest BCUT2D eigenvalue weighted by Gasteiger charge is -2.09. The molecular formula is C18H16N2O. The van der Waals surface area contributed by atoms with Crippen LogP contribution >= 0.6 is 0 Å². The molecule has 0 saturated carbocycles. The number of nitrogens with one attached hydrogen (secondary N) is 1. The summed E-state index contributed by atoms with van der Waals surface area (Å²) in [6.07, 6.45) is 2.41. The fourth-order valence-electron chi connectivity index (χ4n) is 2.00. The molecule has 0 spiro atoms. The van der Waals surface area contributed by atoms with E-state index in [2.05, 4.69) is 5.32 Å². The first kappa shape index (κ1) is 14.5. The second-order valence-corrected chi connectivity index (χ2v) is 4.55. The van der Waals surface area contributed by atoms with Crippen LogP contribution in [0.5, 0.6) is 0 Å². The monoisotopic (exact) mass is 276 g/mol. The maximum Gasteiger partial charge on any atom is 0.266 e. The molecule has 0 bridgehead atoms. The van der Waals surface area contributed by atoms with Gasteiger partial charge in [-0.05, 0) is 29.7 Å². The molecule has 0 heterocycles. The minimum Gasteiger partial charge on any atom is -0.321 e. The lowest BCUT2D eigenvalue weighted by atomic mass is 10.1. The third kappa shape index (κ3) is 3.80. The van der Waals surface area contributed by atoms with Crippen LogP contribution in [-0.4, -0.2) is 5.91 Å². The molecule has 2 rings (SSSR count). The molecule has 0 radical (unpaired) electrons. The lowest BCUT2D eigenvalue weighted by molar-refractivity contribution is -0.112. The predicted octanol–water partition coefficient (Wildman–Crippen LogP) is 3.79. The molecule has 1 amide bonds. The van der Waals surface area contributed by atoms with Gasteiger partial charge in [-0.15, -0.1) is 0 Å². The summed E-state index contributed by atoms with van der Waals surface area (Å²) in [6.45, 7) is 2.02. The molecule has 0 aromatic heterocycles. The van der Waals surface area contributed by atoms with Crippen molar-refractivity contribution in [1.82, 2.24) is 0 Å². The summed E-state index contributed by atoms with van der Waals surface area (Å²) >= 11 is 0. The van der Waals surface area contributed by atoms with Gasteiger partial charge in [-0.3, -0.25) is 4.79 Å². The number of aryl methyl sites for hydroxylation is 1. The zero-order chi connectivity index (χ0) is 15.1. The Kier molecular flexibility index (Phi) is 4.89. The number of rotatable bonds is 4. The Morgan fingerprint density at radius 3 is 2.48 bits per heavy atom. The average Bonchev–Trinajstić information content (AvgIpc) is 2.54. The zero-order valence-corrected chi connectivity index (χ0v) is 11.8. The summed E-state index contributed by atoms with van der Waals surface area (Å²) in [4.78, 5) is 12.2. The normalized spacial score (nSPS) is 10.8. The highest BCUT2D eigenvalue weighted by molar-refractivity contribution is 6.09. The Balaban J connectivity index is 2.22. The van der Waals surface area contributed by atoms with E-state index in [4.69, 9.17) is 0 Å². The second kappa shape index (κ2) is 7.06. The van der Waals surface area contributed by atoms with E-state index in [-0.39, 0.29) is 11.5 Å². The van der Waals surface area contributed by atoms with Gasteiger partial charge >= 0.3 is 0 Å². The molecule has 0 aliphatic carbocycles. The van der Waals surface area contributed by atoms with E-state index in [1.807, 2.05) is 67.6 Å². The van der Waals surface area contributed by atoms with Gasteiger partial charge in [-0.2, -0.15) is 5.26 Å².